The van der Waals surface area contributed by atoms with E-state index in [1.807, 2.05) is 6.07 Å². The molecule has 0 saturated heterocycles. The van der Waals surface area contributed by atoms with Gasteiger partial charge in [0.2, 0.25) is 0 Å². The Hall–Kier alpha value is -3.37. The average Bonchev–Trinajstić information content (AvgIpc) is 2.63. The molecule has 2 N–H and O–H groups in total. The predicted octanol–water partition coefficient (Wildman–Crippen LogP) is 4.55. The monoisotopic (exact) mass is 381 g/mol. The first-order valence-electron chi connectivity index (χ1n) is 8.04. The SMILES string of the molecule is Cc1cc(F)ccc1S(=O)(=O)Nc1ccc(Nc2ccccc2C#N)cc1. The van der Waals surface area contributed by atoms with Crippen molar-refractivity contribution >= 4 is 27.1 Å². The number of sulfonamides is 1. The maximum atomic E-state index is 13.2. The number of para-hydroxylation sites is 1. The van der Waals surface area contributed by atoms with E-state index in [0.29, 0.717) is 28.2 Å². The lowest BCUT2D eigenvalue weighted by Crippen LogP contribution is -2.14. The van der Waals surface area contributed by atoms with Crippen LogP contribution < -0.4 is 10.0 Å². The topological polar surface area (TPSA) is 82.0 Å². The van der Waals surface area contributed by atoms with E-state index in [1.165, 1.54) is 19.1 Å². The number of nitrogens with zero attached hydrogens (tertiary/aromatic N) is 1. The van der Waals surface area contributed by atoms with Crippen molar-refractivity contribution in [3.05, 3.63) is 83.7 Å². The third-order valence-electron chi connectivity index (χ3n) is 3.89. The van der Waals surface area contributed by atoms with Crippen LogP contribution in [-0.2, 0) is 10.0 Å². The highest BCUT2D eigenvalue weighted by molar-refractivity contribution is 7.92. The van der Waals surface area contributed by atoms with Gasteiger partial charge in [-0.2, -0.15) is 5.26 Å². The van der Waals surface area contributed by atoms with Crippen molar-refractivity contribution in [1.29, 1.82) is 5.26 Å². The van der Waals surface area contributed by atoms with Gasteiger partial charge in [0, 0.05) is 11.4 Å². The van der Waals surface area contributed by atoms with Gasteiger partial charge < -0.3 is 5.32 Å². The summed E-state index contributed by atoms with van der Waals surface area (Å²) in [6.07, 6.45) is 0. The molecule has 0 aliphatic rings. The van der Waals surface area contributed by atoms with Crippen molar-refractivity contribution in [2.24, 2.45) is 0 Å². The molecule has 5 nitrogen and oxygen atoms in total. The Morgan fingerprint density at radius 2 is 1.63 bits per heavy atom. The first-order valence-corrected chi connectivity index (χ1v) is 9.52. The van der Waals surface area contributed by atoms with E-state index in [0.717, 1.165) is 6.07 Å². The summed E-state index contributed by atoms with van der Waals surface area (Å²) in [5.74, 6) is -0.487. The highest BCUT2D eigenvalue weighted by Crippen LogP contribution is 2.24. The van der Waals surface area contributed by atoms with Crippen LogP contribution in [0.4, 0.5) is 21.5 Å². The maximum absolute atomic E-state index is 13.2. The number of nitrogens with one attached hydrogen (secondary N) is 2. The summed E-state index contributed by atoms with van der Waals surface area (Å²) in [5, 5.41) is 12.2. The zero-order chi connectivity index (χ0) is 19.4. The summed E-state index contributed by atoms with van der Waals surface area (Å²) < 4.78 is 40.7. The first kappa shape index (κ1) is 18.4. The third-order valence-corrected chi connectivity index (χ3v) is 5.43. The molecule has 3 aromatic carbocycles. The van der Waals surface area contributed by atoms with Crippen LogP contribution in [0.15, 0.2) is 71.6 Å². The number of halogens is 1. The molecule has 0 saturated carbocycles. The Kier molecular flexibility index (Phi) is 5.10. The molecule has 3 aromatic rings. The summed E-state index contributed by atoms with van der Waals surface area (Å²) in [4.78, 5) is 0.0223. The Labute approximate surface area is 157 Å². The smallest absolute Gasteiger partial charge is 0.262 e. The number of anilines is 3. The number of rotatable bonds is 5. The number of nitriles is 1. The minimum Gasteiger partial charge on any atom is -0.354 e. The average molecular weight is 381 g/mol. The standard InChI is InChI=1S/C20H16FN3O2S/c1-14-12-16(21)6-11-20(14)27(25,26)24-18-9-7-17(8-10-18)23-19-5-3-2-4-15(19)13-22/h2-12,23-24H,1H3. The van der Waals surface area contributed by atoms with Gasteiger partial charge in [-0.15, -0.1) is 0 Å². The lowest BCUT2D eigenvalue weighted by molar-refractivity contribution is 0.598. The van der Waals surface area contributed by atoms with E-state index in [1.54, 1.807) is 42.5 Å². The van der Waals surface area contributed by atoms with E-state index in [2.05, 4.69) is 16.1 Å². The molecule has 0 spiro atoms. The number of hydrogen-bond donors (Lipinski definition) is 2. The second kappa shape index (κ2) is 7.48. The second-order valence-electron chi connectivity index (χ2n) is 5.88. The molecule has 136 valence electrons. The lowest BCUT2D eigenvalue weighted by Gasteiger charge is -2.12. The molecule has 0 atom stereocenters. The fourth-order valence-electron chi connectivity index (χ4n) is 2.59. The van der Waals surface area contributed by atoms with Crippen molar-refractivity contribution in [2.75, 3.05) is 10.0 Å². The first-order chi connectivity index (χ1) is 12.9. The van der Waals surface area contributed by atoms with Gasteiger partial charge in [0.1, 0.15) is 11.9 Å². The minimum absolute atomic E-state index is 0.0223. The van der Waals surface area contributed by atoms with Gasteiger partial charge in [-0.25, -0.2) is 12.8 Å². The van der Waals surface area contributed by atoms with Crippen molar-refractivity contribution < 1.29 is 12.8 Å². The van der Waals surface area contributed by atoms with Crippen LogP contribution in [-0.4, -0.2) is 8.42 Å². The van der Waals surface area contributed by atoms with Gasteiger partial charge in [-0.1, -0.05) is 12.1 Å². The highest BCUT2D eigenvalue weighted by Gasteiger charge is 2.17. The van der Waals surface area contributed by atoms with E-state index in [9.17, 15) is 12.8 Å². The Balaban J connectivity index is 1.78. The van der Waals surface area contributed by atoms with Crippen molar-refractivity contribution in [3.63, 3.8) is 0 Å². The Morgan fingerprint density at radius 1 is 0.963 bits per heavy atom. The number of aryl methyl sites for hydroxylation is 1. The summed E-state index contributed by atoms with van der Waals surface area (Å²) in [5.41, 5.74) is 2.58. The van der Waals surface area contributed by atoms with Crippen LogP contribution in [0.25, 0.3) is 0 Å². The van der Waals surface area contributed by atoms with Gasteiger partial charge >= 0.3 is 0 Å². The third kappa shape index (κ3) is 4.25. The predicted molar refractivity (Wildman–Crippen MR) is 103 cm³/mol. The molecule has 0 heterocycles. The van der Waals surface area contributed by atoms with Crippen molar-refractivity contribution in [1.82, 2.24) is 0 Å². The van der Waals surface area contributed by atoms with Crippen LogP contribution in [0.3, 0.4) is 0 Å². The molecule has 0 fully saturated rings. The van der Waals surface area contributed by atoms with E-state index >= 15 is 0 Å². The number of benzene rings is 3. The molecule has 0 amide bonds. The molecule has 0 aliphatic carbocycles. The van der Waals surface area contributed by atoms with Crippen molar-refractivity contribution in [3.8, 4) is 6.07 Å². The zero-order valence-corrected chi connectivity index (χ0v) is 15.2. The molecule has 0 radical (unpaired) electrons. The van der Waals surface area contributed by atoms with E-state index in [4.69, 9.17) is 5.26 Å². The maximum Gasteiger partial charge on any atom is 0.262 e. The van der Waals surface area contributed by atoms with Gasteiger partial charge in [0.25, 0.3) is 10.0 Å². The number of hydrogen-bond acceptors (Lipinski definition) is 4. The fraction of sp³-hybridized carbons (Fsp3) is 0.0500. The van der Waals surface area contributed by atoms with Gasteiger partial charge in [0.15, 0.2) is 0 Å². The van der Waals surface area contributed by atoms with Crippen LogP contribution in [0.5, 0.6) is 0 Å². The Morgan fingerprint density at radius 3 is 2.30 bits per heavy atom. The summed E-state index contributed by atoms with van der Waals surface area (Å²) in [7, 11) is -3.82. The van der Waals surface area contributed by atoms with Crippen molar-refractivity contribution in [2.45, 2.75) is 11.8 Å². The lowest BCUT2D eigenvalue weighted by atomic mass is 10.2. The second-order valence-corrected chi connectivity index (χ2v) is 7.53. The molecule has 3 rings (SSSR count). The largest absolute Gasteiger partial charge is 0.354 e. The molecular formula is C20H16FN3O2S. The summed E-state index contributed by atoms with van der Waals surface area (Å²) >= 11 is 0. The molecule has 0 aromatic heterocycles. The summed E-state index contributed by atoms with van der Waals surface area (Å²) in [6.45, 7) is 1.54. The van der Waals surface area contributed by atoms with Crippen LogP contribution in [0, 0.1) is 24.1 Å². The van der Waals surface area contributed by atoms with Gasteiger partial charge in [0.05, 0.1) is 16.1 Å². The molecule has 7 heteroatoms. The van der Waals surface area contributed by atoms with Crippen LogP contribution in [0.2, 0.25) is 0 Å². The van der Waals surface area contributed by atoms with Gasteiger partial charge in [-0.05, 0) is 67.1 Å². The van der Waals surface area contributed by atoms with E-state index < -0.39 is 15.8 Å². The quantitative estimate of drug-likeness (QED) is 0.679. The molecular weight excluding hydrogens is 365 g/mol. The van der Waals surface area contributed by atoms with Gasteiger partial charge in [-0.3, -0.25) is 4.72 Å². The normalized spacial score (nSPS) is 10.9. The van der Waals surface area contributed by atoms with Crippen LogP contribution >= 0.6 is 0 Å². The summed E-state index contributed by atoms with van der Waals surface area (Å²) in [6, 6.07) is 19.3. The van der Waals surface area contributed by atoms with Crippen LogP contribution in [0.1, 0.15) is 11.1 Å². The highest BCUT2D eigenvalue weighted by atomic mass is 32.2. The molecule has 27 heavy (non-hydrogen) atoms. The minimum atomic E-state index is -3.82. The van der Waals surface area contributed by atoms with E-state index in [-0.39, 0.29) is 4.90 Å². The molecule has 0 aliphatic heterocycles. The molecule has 0 unspecified atom stereocenters. The molecule has 0 bridgehead atoms. The fourth-order valence-corrected chi connectivity index (χ4v) is 3.88. The zero-order valence-electron chi connectivity index (χ0n) is 14.4. The Bertz CT molecular complexity index is 1120.